The van der Waals surface area contributed by atoms with E-state index in [0.717, 1.165) is 24.0 Å². The van der Waals surface area contributed by atoms with E-state index in [9.17, 15) is 40.5 Å². The highest BCUT2D eigenvalue weighted by Crippen LogP contribution is 2.57. The van der Waals surface area contributed by atoms with E-state index in [0.29, 0.717) is 25.9 Å². The van der Waals surface area contributed by atoms with E-state index >= 15 is 0 Å². The first-order valence-corrected chi connectivity index (χ1v) is 23.8. The number of carbonyl (C=O) groups is 1. The molecule has 66 heavy (non-hydrogen) atoms. The highest BCUT2D eigenvalue weighted by atomic mass is 16.8. The third kappa shape index (κ3) is 9.15. The lowest BCUT2D eigenvalue weighted by Crippen LogP contribution is -2.62. The second-order valence-electron chi connectivity index (χ2n) is 20.3. The summed E-state index contributed by atoms with van der Waals surface area (Å²) in [6.07, 6.45) is -11.8. The molecule has 0 unspecified atom stereocenters. The summed E-state index contributed by atoms with van der Waals surface area (Å²) in [4.78, 5) is 13.7. The van der Waals surface area contributed by atoms with Crippen LogP contribution < -0.4 is 0 Å². The van der Waals surface area contributed by atoms with E-state index in [1.165, 1.54) is 7.11 Å². The normalized spacial score (nSPS) is 52.9. The molecule has 7 aliphatic heterocycles. The summed E-state index contributed by atoms with van der Waals surface area (Å²) in [5.74, 6) is -1.59. The van der Waals surface area contributed by atoms with Crippen LogP contribution in [0.4, 0.5) is 0 Å². The van der Waals surface area contributed by atoms with Gasteiger partial charge >= 0.3 is 5.97 Å². The monoisotopic (exact) mass is 942 g/mol. The van der Waals surface area contributed by atoms with Crippen LogP contribution in [0.3, 0.4) is 0 Å². The van der Waals surface area contributed by atoms with Crippen LogP contribution in [-0.4, -0.2) is 191 Å². The van der Waals surface area contributed by atoms with Gasteiger partial charge in [0.25, 0.3) is 0 Å². The Balaban J connectivity index is 0.757. The molecule has 9 rings (SSSR count). The lowest BCUT2D eigenvalue weighted by Gasteiger charge is -2.52. The average Bonchev–Trinajstić information content (AvgIpc) is 3.79. The van der Waals surface area contributed by atoms with Gasteiger partial charge in [-0.3, -0.25) is 4.79 Å². The molecule has 0 aromatic carbocycles. The van der Waals surface area contributed by atoms with Crippen LogP contribution in [0, 0.1) is 23.2 Å². The van der Waals surface area contributed by atoms with Gasteiger partial charge in [-0.25, -0.2) is 0 Å². The number of hydrogen-bond acceptors (Lipinski definition) is 20. The molecule has 20 heteroatoms. The van der Waals surface area contributed by atoms with Crippen LogP contribution in [0.1, 0.15) is 86.0 Å². The van der Waals surface area contributed by atoms with Gasteiger partial charge in [-0.1, -0.05) is 18.6 Å². The molecule has 0 amide bonds. The highest BCUT2D eigenvalue weighted by Gasteiger charge is 2.59. The topological polar surface area (TPSA) is 269 Å². The SMILES string of the molecule is CO[C@@H]1C[C@H](O[C@H]2[C@@H](O)C[C@H](O[C@H]3[C@H](O)C[C@H](O[C@@H]4CC5=CC[C@@H]6C(=O)O[C@@H]7CO[C@]8(C)OC=C(CC[C@@H]6[C@@]5(C)C[C@H]4O)[C@H]78)O[C@@H]3C)O[C@@H]2C)O[C@@H](C)[C@@H]1O[C@@H]1O[C@H](CO)[C@@H](O)[C@H](O)[C@H]1O. The van der Waals surface area contributed by atoms with E-state index in [1.54, 1.807) is 27.0 Å². The molecule has 7 N–H and O–H groups in total. The van der Waals surface area contributed by atoms with Crippen molar-refractivity contribution in [2.24, 2.45) is 23.2 Å². The van der Waals surface area contributed by atoms with Gasteiger partial charge in [-0.2, -0.15) is 0 Å². The van der Waals surface area contributed by atoms with Crippen molar-refractivity contribution in [2.45, 2.75) is 215 Å². The average molecular weight is 943 g/mol. The molecule has 7 heterocycles. The summed E-state index contributed by atoms with van der Waals surface area (Å²) in [5.41, 5.74) is 1.77. The third-order valence-corrected chi connectivity index (χ3v) is 16.1. The molecule has 7 fully saturated rings. The molecular formula is C46H70O20. The number of methoxy groups -OCH3 is 1. The summed E-state index contributed by atoms with van der Waals surface area (Å²) < 4.78 is 72.7. The minimum absolute atomic E-state index is 0.0196. The molecule has 0 spiro atoms. The predicted molar refractivity (Wildman–Crippen MR) is 222 cm³/mol. The number of hydrogen-bond donors (Lipinski definition) is 7. The predicted octanol–water partition coefficient (Wildman–Crippen LogP) is 0.174. The van der Waals surface area contributed by atoms with Crippen LogP contribution in [-0.2, 0) is 61.6 Å². The number of fused-ring (bicyclic) bond motifs is 3. The summed E-state index contributed by atoms with van der Waals surface area (Å²) in [6.45, 7) is 8.94. The molecule has 0 aromatic heterocycles. The fraction of sp³-hybridized carbons (Fsp3) is 0.891. The molecule has 374 valence electrons. The first-order valence-electron chi connectivity index (χ1n) is 23.8. The fourth-order valence-corrected chi connectivity index (χ4v) is 12.4. The van der Waals surface area contributed by atoms with Crippen molar-refractivity contribution in [3.63, 3.8) is 0 Å². The van der Waals surface area contributed by atoms with Gasteiger partial charge in [0, 0.05) is 33.3 Å². The summed E-state index contributed by atoms with van der Waals surface area (Å²) in [7, 11) is 1.47. The second-order valence-corrected chi connectivity index (χ2v) is 20.3. The zero-order chi connectivity index (χ0) is 47.0. The summed E-state index contributed by atoms with van der Waals surface area (Å²) in [6, 6.07) is 0. The third-order valence-electron chi connectivity index (χ3n) is 16.1. The van der Waals surface area contributed by atoms with Crippen molar-refractivity contribution in [1.29, 1.82) is 0 Å². The molecular weight excluding hydrogens is 872 g/mol. The first kappa shape index (κ1) is 49.1. The van der Waals surface area contributed by atoms with Gasteiger partial charge in [0.1, 0.15) is 48.8 Å². The van der Waals surface area contributed by atoms with Gasteiger partial charge < -0.3 is 92.6 Å². The molecule has 1 saturated carbocycles. The van der Waals surface area contributed by atoms with Crippen molar-refractivity contribution in [3.05, 3.63) is 23.5 Å². The van der Waals surface area contributed by atoms with E-state index in [-0.39, 0.29) is 43.0 Å². The van der Waals surface area contributed by atoms with Crippen LogP contribution >= 0.6 is 0 Å². The summed E-state index contributed by atoms with van der Waals surface area (Å²) >= 11 is 0. The van der Waals surface area contributed by atoms with E-state index < -0.39 is 141 Å². The Bertz CT molecular complexity index is 1760. The molecule has 0 radical (unpaired) electrons. The van der Waals surface area contributed by atoms with Crippen molar-refractivity contribution in [1.82, 2.24) is 0 Å². The van der Waals surface area contributed by atoms with E-state index in [1.807, 2.05) is 6.92 Å². The number of aliphatic hydroxyl groups excluding tert-OH is 7. The number of esters is 1. The second kappa shape index (κ2) is 19.3. The molecule has 9 aliphatic rings. The van der Waals surface area contributed by atoms with Crippen molar-refractivity contribution < 1.29 is 97.4 Å². The Kier molecular flexibility index (Phi) is 14.4. The Morgan fingerprint density at radius 2 is 1.39 bits per heavy atom. The van der Waals surface area contributed by atoms with Gasteiger partial charge in [0.15, 0.2) is 25.2 Å². The number of aliphatic hydroxyl groups is 7. The molecule has 0 bridgehead atoms. The van der Waals surface area contributed by atoms with Gasteiger partial charge in [0.05, 0.1) is 80.1 Å². The number of allylic oxidation sites excluding steroid dienone is 1. The molecule has 20 nitrogen and oxygen atoms in total. The molecule has 25 atom stereocenters. The smallest absolute Gasteiger partial charge is 0.309 e. The molecule has 6 saturated heterocycles. The highest BCUT2D eigenvalue weighted by molar-refractivity contribution is 5.74. The van der Waals surface area contributed by atoms with Gasteiger partial charge in [-0.05, 0) is 69.8 Å². The summed E-state index contributed by atoms with van der Waals surface area (Å²) in [5, 5.41) is 74.9. The quantitative estimate of drug-likeness (QED) is 0.114. The lowest BCUT2D eigenvalue weighted by molar-refractivity contribution is -0.356. The van der Waals surface area contributed by atoms with Crippen LogP contribution in [0.2, 0.25) is 0 Å². The minimum atomic E-state index is -1.61. The fourth-order valence-electron chi connectivity index (χ4n) is 12.4. The molecule has 2 aliphatic carbocycles. The standard InChI is InChI=1S/C46H70O20/c1-19-40(64-34-13-27(49)41(20(2)59-34)65-35-14-30(55-6)42(21(3)60-35)66-44-39(53)38(52)37(51)31(16-47)63-44)26(48)12-33(58-19)61-29-11-23-8-9-24-25(45(23,4)15-28(29)50)10-7-22-17-56-46(5)36(22)32(18-57-46)62-43(24)54/h8,17,19-21,24-42,44,47-53H,7,9-16,18H2,1-6H3/t19-,20-,21+,24+,25+,26-,27+,28-,29-,30-,31-,32-,33+,34+,35+,36-,37-,38+,39-,40-,41-,42+,44+,45+,46+/m1/s1. The number of rotatable bonds is 10. The van der Waals surface area contributed by atoms with Gasteiger partial charge in [0.2, 0.25) is 5.79 Å². The van der Waals surface area contributed by atoms with Crippen LogP contribution in [0.25, 0.3) is 0 Å². The lowest BCUT2D eigenvalue weighted by atomic mass is 9.55. The number of ether oxygens (including phenoxy) is 12. The van der Waals surface area contributed by atoms with Crippen LogP contribution in [0.15, 0.2) is 23.5 Å². The zero-order valence-corrected chi connectivity index (χ0v) is 38.4. The zero-order valence-electron chi connectivity index (χ0n) is 38.4. The Labute approximate surface area is 384 Å². The van der Waals surface area contributed by atoms with Crippen molar-refractivity contribution in [2.75, 3.05) is 20.3 Å². The molecule has 0 aromatic rings. The maximum Gasteiger partial charge on any atom is 0.309 e. The number of carbonyl (C=O) groups excluding carboxylic acids is 1. The maximum atomic E-state index is 13.7. The largest absolute Gasteiger partial charge is 0.469 e. The van der Waals surface area contributed by atoms with Gasteiger partial charge in [-0.15, -0.1) is 0 Å². The maximum absolute atomic E-state index is 13.7. The van der Waals surface area contributed by atoms with E-state index in [2.05, 4.69) is 13.0 Å². The Morgan fingerprint density at radius 1 is 0.758 bits per heavy atom. The minimum Gasteiger partial charge on any atom is -0.469 e. The Morgan fingerprint density at radius 3 is 2.03 bits per heavy atom. The van der Waals surface area contributed by atoms with Crippen LogP contribution in [0.5, 0.6) is 0 Å². The van der Waals surface area contributed by atoms with Crippen molar-refractivity contribution in [3.8, 4) is 0 Å². The first-order chi connectivity index (χ1) is 31.4. The Hall–Kier alpha value is -1.93. The van der Waals surface area contributed by atoms with E-state index in [4.69, 9.17) is 56.8 Å². The van der Waals surface area contributed by atoms with Crippen molar-refractivity contribution >= 4 is 5.97 Å².